The molecule has 0 aliphatic rings. The van der Waals surface area contributed by atoms with Crippen molar-refractivity contribution < 1.29 is 9.53 Å². The Morgan fingerprint density at radius 3 is 2.80 bits per heavy atom. The summed E-state index contributed by atoms with van der Waals surface area (Å²) in [5, 5.41) is 0. The van der Waals surface area contributed by atoms with E-state index < -0.39 is 0 Å². The highest BCUT2D eigenvalue weighted by molar-refractivity contribution is 7.80. The summed E-state index contributed by atoms with van der Waals surface area (Å²) in [7, 11) is 0. The molecule has 1 aromatic rings. The number of pyridine rings is 1. The second-order valence-electron chi connectivity index (χ2n) is 4.60. The first kappa shape index (κ1) is 16.4. The van der Waals surface area contributed by atoms with Gasteiger partial charge in [-0.05, 0) is 32.9 Å². The fourth-order valence-electron chi connectivity index (χ4n) is 1.83. The van der Waals surface area contributed by atoms with Gasteiger partial charge in [0, 0.05) is 25.2 Å². The number of aromatic nitrogens is 1. The monoisotopic (exact) mass is 295 g/mol. The molecule has 0 aliphatic carbocycles. The Morgan fingerprint density at radius 2 is 2.25 bits per heavy atom. The number of nitrogens with zero attached hydrogens (tertiary/aromatic N) is 2. The Bertz CT molecular complexity index is 477. The predicted octanol–water partition coefficient (Wildman–Crippen LogP) is 2.15. The van der Waals surface area contributed by atoms with Crippen LogP contribution in [0.3, 0.4) is 0 Å². The van der Waals surface area contributed by atoms with Crippen molar-refractivity contribution >= 4 is 29.0 Å². The summed E-state index contributed by atoms with van der Waals surface area (Å²) in [5.74, 6) is 0.244. The molecule has 0 atom stereocenters. The van der Waals surface area contributed by atoms with E-state index in [2.05, 4.69) is 4.98 Å². The van der Waals surface area contributed by atoms with Crippen LogP contribution in [0.5, 0.6) is 0 Å². The number of carbonyl (C=O) groups is 1. The second-order valence-corrected chi connectivity index (χ2v) is 5.12. The highest BCUT2D eigenvalue weighted by Crippen LogP contribution is 2.21. The number of rotatable bonds is 7. The maximum atomic E-state index is 12.0. The third kappa shape index (κ3) is 4.45. The van der Waals surface area contributed by atoms with E-state index in [4.69, 9.17) is 22.7 Å². The molecule has 1 aromatic heterocycles. The minimum Gasteiger partial charge on any atom is -0.462 e. The van der Waals surface area contributed by atoms with Gasteiger partial charge in [-0.1, -0.05) is 12.2 Å². The number of nitrogens with two attached hydrogens (primary N) is 1. The third-order valence-electron chi connectivity index (χ3n) is 2.78. The Hall–Kier alpha value is -1.69. The van der Waals surface area contributed by atoms with Crippen molar-refractivity contribution in [1.82, 2.24) is 4.98 Å². The zero-order valence-electron chi connectivity index (χ0n) is 12.1. The first-order valence-electron chi connectivity index (χ1n) is 6.64. The topological polar surface area (TPSA) is 68.5 Å². The van der Waals surface area contributed by atoms with Crippen molar-refractivity contribution in [3.63, 3.8) is 0 Å². The van der Waals surface area contributed by atoms with Crippen LogP contribution in [0.1, 0.15) is 37.6 Å². The van der Waals surface area contributed by atoms with Crippen molar-refractivity contribution in [1.29, 1.82) is 0 Å². The van der Waals surface area contributed by atoms with Gasteiger partial charge in [-0.25, -0.2) is 9.78 Å². The average Bonchev–Trinajstić information content (AvgIpc) is 2.39. The molecule has 0 bridgehead atoms. The summed E-state index contributed by atoms with van der Waals surface area (Å²) in [6.07, 6.45) is 2.24. The lowest BCUT2D eigenvalue weighted by Crippen LogP contribution is -2.35. The molecule has 2 N–H and O–H groups in total. The fourth-order valence-corrected chi connectivity index (χ4v) is 1.92. The van der Waals surface area contributed by atoms with Crippen LogP contribution < -0.4 is 10.6 Å². The van der Waals surface area contributed by atoms with Crippen molar-refractivity contribution in [3.05, 3.63) is 23.9 Å². The van der Waals surface area contributed by atoms with Gasteiger partial charge in [-0.15, -0.1) is 0 Å². The Balaban J connectivity index is 3.06. The summed E-state index contributed by atoms with van der Waals surface area (Å²) in [4.78, 5) is 18.8. The maximum Gasteiger partial charge on any atom is 0.341 e. The standard InChI is InChI=1S/C14H21N3O2S/c1-4-19-14(18)11-6-5-8-16-13(11)17(10(2)3)9-7-12(15)20/h5-6,8,10H,4,7,9H2,1-3H3,(H2,15,20). The van der Waals surface area contributed by atoms with Gasteiger partial charge in [0.15, 0.2) is 0 Å². The van der Waals surface area contributed by atoms with Gasteiger partial charge in [0.05, 0.1) is 11.6 Å². The number of esters is 1. The van der Waals surface area contributed by atoms with E-state index in [0.29, 0.717) is 35.9 Å². The van der Waals surface area contributed by atoms with E-state index in [1.165, 1.54) is 0 Å². The van der Waals surface area contributed by atoms with Crippen LogP contribution in [-0.2, 0) is 4.74 Å². The summed E-state index contributed by atoms with van der Waals surface area (Å²) in [6.45, 7) is 6.80. The van der Waals surface area contributed by atoms with Gasteiger partial charge in [0.2, 0.25) is 0 Å². The van der Waals surface area contributed by atoms with Crippen LogP contribution in [0.4, 0.5) is 5.82 Å². The molecule has 1 heterocycles. The first-order chi connectivity index (χ1) is 9.47. The van der Waals surface area contributed by atoms with Gasteiger partial charge in [0.25, 0.3) is 0 Å². The minimum absolute atomic E-state index is 0.174. The lowest BCUT2D eigenvalue weighted by molar-refractivity contribution is 0.0526. The molecule has 0 aliphatic heterocycles. The number of ether oxygens (including phenoxy) is 1. The lowest BCUT2D eigenvalue weighted by atomic mass is 10.2. The van der Waals surface area contributed by atoms with Crippen molar-refractivity contribution in [2.24, 2.45) is 5.73 Å². The SMILES string of the molecule is CCOC(=O)c1cccnc1N(CCC(N)=S)C(C)C. The van der Waals surface area contributed by atoms with Gasteiger partial charge in [0.1, 0.15) is 11.4 Å². The van der Waals surface area contributed by atoms with Gasteiger partial charge in [-0.2, -0.15) is 0 Å². The molecule has 110 valence electrons. The second kappa shape index (κ2) is 7.79. The molecule has 20 heavy (non-hydrogen) atoms. The zero-order chi connectivity index (χ0) is 15.1. The fraction of sp³-hybridized carbons (Fsp3) is 0.500. The number of thiocarbonyl (C=S) groups is 1. The average molecular weight is 295 g/mol. The number of hydrogen-bond acceptors (Lipinski definition) is 5. The predicted molar refractivity (Wildman–Crippen MR) is 84.1 cm³/mol. The molecular formula is C14H21N3O2S. The molecule has 0 aromatic carbocycles. The van der Waals surface area contributed by atoms with Crippen LogP contribution in [0.25, 0.3) is 0 Å². The molecule has 0 radical (unpaired) electrons. The number of carbonyl (C=O) groups excluding carboxylic acids is 1. The van der Waals surface area contributed by atoms with E-state index in [1.807, 2.05) is 18.7 Å². The molecule has 6 heteroatoms. The highest BCUT2D eigenvalue weighted by Gasteiger charge is 2.20. The van der Waals surface area contributed by atoms with Gasteiger partial charge < -0.3 is 15.4 Å². The van der Waals surface area contributed by atoms with Crippen LogP contribution in [0, 0.1) is 0 Å². The number of anilines is 1. The Kier molecular flexibility index (Phi) is 6.38. The van der Waals surface area contributed by atoms with E-state index in [-0.39, 0.29) is 12.0 Å². The van der Waals surface area contributed by atoms with Crippen molar-refractivity contribution in [3.8, 4) is 0 Å². The molecule has 0 saturated carbocycles. The maximum absolute atomic E-state index is 12.0. The largest absolute Gasteiger partial charge is 0.462 e. The Morgan fingerprint density at radius 1 is 1.55 bits per heavy atom. The highest BCUT2D eigenvalue weighted by atomic mass is 32.1. The molecule has 0 spiro atoms. The minimum atomic E-state index is -0.364. The third-order valence-corrected chi connectivity index (χ3v) is 2.98. The molecule has 0 saturated heterocycles. The lowest BCUT2D eigenvalue weighted by Gasteiger charge is -2.29. The summed E-state index contributed by atoms with van der Waals surface area (Å²) in [6, 6.07) is 3.62. The molecule has 0 unspecified atom stereocenters. The smallest absolute Gasteiger partial charge is 0.341 e. The molecule has 1 rings (SSSR count). The van der Waals surface area contributed by atoms with E-state index in [9.17, 15) is 4.79 Å². The van der Waals surface area contributed by atoms with E-state index in [0.717, 1.165) is 0 Å². The van der Waals surface area contributed by atoms with Crippen molar-refractivity contribution in [2.75, 3.05) is 18.1 Å². The van der Waals surface area contributed by atoms with Crippen molar-refractivity contribution in [2.45, 2.75) is 33.2 Å². The summed E-state index contributed by atoms with van der Waals surface area (Å²) >= 11 is 4.92. The molecule has 0 fully saturated rings. The van der Waals surface area contributed by atoms with E-state index >= 15 is 0 Å². The van der Waals surface area contributed by atoms with Crippen LogP contribution >= 0.6 is 12.2 Å². The van der Waals surface area contributed by atoms with Crippen LogP contribution in [0.15, 0.2) is 18.3 Å². The molecular weight excluding hydrogens is 274 g/mol. The van der Waals surface area contributed by atoms with Gasteiger partial charge >= 0.3 is 5.97 Å². The Labute approximate surface area is 125 Å². The van der Waals surface area contributed by atoms with Crippen LogP contribution in [0.2, 0.25) is 0 Å². The quantitative estimate of drug-likeness (QED) is 0.614. The van der Waals surface area contributed by atoms with E-state index in [1.54, 1.807) is 25.3 Å². The molecule has 0 amide bonds. The summed E-state index contributed by atoms with van der Waals surface area (Å²) in [5.41, 5.74) is 6.02. The number of hydrogen-bond donors (Lipinski definition) is 1. The molecule has 5 nitrogen and oxygen atoms in total. The zero-order valence-corrected chi connectivity index (χ0v) is 12.9. The van der Waals surface area contributed by atoms with Crippen LogP contribution in [-0.4, -0.2) is 35.1 Å². The van der Waals surface area contributed by atoms with Gasteiger partial charge in [-0.3, -0.25) is 0 Å². The normalized spacial score (nSPS) is 10.4. The first-order valence-corrected chi connectivity index (χ1v) is 7.05. The summed E-state index contributed by atoms with van der Waals surface area (Å²) < 4.78 is 5.07.